The van der Waals surface area contributed by atoms with Gasteiger partial charge < -0.3 is 5.73 Å². The molecule has 2 rings (SSSR count). The fourth-order valence-electron chi connectivity index (χ4n) is 2.34. The molecule has 0 atom stereocenters. The quantitative estimate of drug-likeness (QED) is 0.807. The molecule has 1 saturated carbocycles. The second kappa shape index (κ2) is 4.07. The normalized spacial score (nSPS) is 17.8. The third-order valence-electron chi connectivity index (χ3n) is 3.08. The molecule has 1 fully saturated rings. The molecule has 1 aromatic carbocycles. The minimum atomic E-state index is -4.17. The Kier molecular flexibility index (Phi) is 2.90. The highest BCUT2D eigenvalue weighted by molar-refractivity contribution is 7.85. The average molecular weight is 240 g/mol. The standard InChI is InChI=1S/C11H14NO3S/c12-9-5-6-11(16(13,14)15)10(7-9)8-3-1-2-4-8/h5-8,12H,1-4H2,(H,13,14,15). The van der Waals surface area contributed by atoms with Crippen LogP contribution in [-0.4, -0.2) is 13.0 Å². The summed E-state index contributed by atoms with van der Waals surface area (Å²) >= 11 is 0. The Morgan fingerprint density at radius 2 is 1.88 bits per heavy atom. The highest BCUT2D eigenvalue weighted by Crippen LogP contribution is 2.38. The van der Waals surface area contributed by atoms with Crippen molar-refractivity contribution in [3.8, 4) is 0 Å². The van der Waals surface area contributed by atoms with E-state index in [0.717, 1.165) is 25.7 Å². The van der Waals surface area contributed by atoms with Crippen LogP contribution in [-0.2, 0) is 10.1 Å². The SMILES string of the molecule is [NH]c1ccc(S(=O)(=O)O)c(C2CCCC2)c1. The van der Waals surface area contributed by atoms with Crippen LogP contribution in [0.25, 0.3) is 0 Å². The second-order valence-electron chi connectivity index (χ2n) is 4.21. The molecule has 0 unspecified atom stereocenters. The molecular weight excluding hydrogens is 226 g/mol. The van der Waals surface area contributed by atoms with Crippen molar-refractivity contribution in [3.63, 3.8) is 0 Å². The summed E-state index contributed by atoms with van der Waals surface area (Å²) in [4.78, 5) is -0.0320. The summed E-state index contributed by atoms with van der Waals surface area (Å²) in [6, 6.07) is 4.27. The van der Waals surface area contributed by atoms with Crippen LogP contribution in [0.15, 0.2) is 23.1 Å². The van der Waals surface area contributed by atoms with Crippen LogP contribution in [0, 0.1) is 0 Å². The second-order valence-corrected chi connectivity index (χ2v) is 5.60. The van der Waals surface area contributed by atoms with Crippen LogP contribution in [0.2, 0.25) is 0 Å². The molecule has 1 radical (unpaired) electrons. The zero-order chi connectivity index (χ0) is 11.8. The summed E-state index contributed by atoms with van der Waals surface area (Å²) in [5.74, 6) is 0.169. The molecule has 1 aromatic rings. The Balaban J connectivity index is 2.52. The first-order chi connectivity index (χ1) is 7.48. The molecule has 2 N–H and O–H groups in total. The van der Waals surface area contributed by atoms with Crippen molar-refractivity contribution in [1.82, 2.24) is 5.73 Å². The fraction of sp³-hybridized carbons (Fsp3) is 0.455. The molecule has 1 aliphatic rings. The van der Waals surface area contributed by atoms with Gasteiger partial charge in [-0.3, -0.25) is 4.55 Å². The maximum absolute atomic E-state index is 11.2. The van der Waals surface area contributed by atoms with Crippen LogP contribution >= 0.6 is 0 Å². The van der Waals surface area contributed by atoms with Gasteiger partial charge in [0.1, 0.15) is 0 Å². The molecule has 0 spiro atoms. The van der Waals surface area contributed by atoms with E-state index in [9.17, 15) is 8.42 Å². The van der Waals surface area contributed by atoms with Gasteiger partial charge in [-0.1, -0.05) is 12.8 Å². The lowest BCUT2D eigenvalue weighted by molar-refractivity contribution is 0.480. The Bertz CT molecular complexity index is 490. The van der Waals surface area contributed by atoms with E-state index >= 15 is 0 Å². The third-order valence-corrected chi connectivity index (χ3v) is 4.01. The molecule has 0 saturated heterocycles. The number of rotatable bonds is 2. The van der Waals surface area contributed by atoms with Gasteiger partial charge in [0, 0.05) is 0 Å². The van der Waals surface area contributed by atoms with Crippen LogP contribution in [0.3, 0.4) is 0 Å². The first-order valence-corrected chi connectivity index (χ1v) is 6.75. The van der Waals surface area contributed by atoms with Crippen molar-refractivity contribution in [3.05, 3.63) is 23.8 Å². The largest absolute Gasteiger partial charge is 0.301 e. The van der Waals surface area contributed by atoms with Crippen molar-refractivity contribution in [1.29, 1.82) is 0 Å². The summed E-state index contributed by atoms with van der Waals surface area (Å²) in [7, 11) is -4.17. The van der Waals surface area contributed by atoms with Gasteiger partial charge in [-0.05, 0) is 42.5 Å². The zero-order valence-electron chi connectivity index (χ0n) is 8.81. The van der Waals surface area contributed by atoms with E-state index in [1.807, 2.05) is 0 Å². The smallest absolute Gasteiger partial charge is 0.294 e. The van der Waals surface area contributed by atoms with Crippen molar-refractivity contribution in [2.45, 2.75) is 36.5 Å². The van der Waals surface area contributed by atoms with Crippen LogP contribution in [0.1, 0.15) is 37.2 Å². The van der Waals surface area contributed by atoms with E-state index in [1.165, 1.54) is 12.1 Å². The Hall–Kier alpha value is -1.07. The highest BCUT2D eigenvalue weighted by Gasteiger charge is 2.24. The van der Waals surface area contributed by atoms with E-state index in [4.69, 9.17) is 10.3 Å². The molecule has 0 aromatic heterocycles. The molecule has 87 valence electrons. The highest BCUT2D eigenvalue weighted by atomic mass is 32.2. The summed E-state index contributed by atoms with van der Waals surface area (Å²) in [5.41, 5.74) is 8.42. The fourth-order valence-corrected chi connectivity index (χ4v) is 3.10. The topological polar surface area (TPSA) is 78.2 Å². The number of nitrogens with one attached hydrogen (secondary N) is 1. The molecule has 16 heavy (non-hydrogen) atoms. The minimum Gasteiger partial charge on any atom is -0.301 e. The van der Waals surface area contributed by atoms with Crippen LogP contribution in [0.5, 0.6) is 0 Å². The van der Waals surface area contributed by atoms with E-state index in [-0.39, 0.29) is 16.5 Å². The molecule has 0 heterocycles. The van der Waals surface area contributed by atoms with Gasteiger partial charge in [-0.15, -0.1) is 0 Å². The average Bonchev–Trinajstić information content (AvgIpc) is 2.68. The van der Waals surface area contributed by atoms with Gasteiger partial charge >= 0.3 is 0 Å². The van der Waals surface area contributed by atoms with Crippen LogP contribution in [0.4, 0.5) is 5.69 Å². The maximum atomic E-state index is 11.2. The first kappa shape index (κ1) is 11.4. The molecule has 0 bridgehead atoms. The number of benzene rings is 1. The summed E-state index contributed by atoms with van der Waals surface area (Å²) < 4.78 is 31.6. The first-order valence-electron chi connectivity index (χ1n) is 5.31. The van der Waals surface area contributed by atoms with E-state index in [2.05, 4.69) is 0 Å². The van der Waals surface area contributed by atoms with Gasteiger partial charge in [-0.2, -0.15) is 8.42 Å². The lowest BCUT2D eigenvalue weighted by Gasteiger charge is -2.13. The van der Waals surface area contributed by atoms with Gasteiger partial charge in [0.15, 0.2) is 0 Å². The monoisotopic (exact) mass is 240 g/mol. The van der Waals surface area contributed by atoms with Gasteiger partial charge in [0.05, 0.1) is 10.6 Å². The summed E-state index contributed by atoms with van der Waals surface area (Å²) in [6.07, 6.45) is 4.04. The maximum Gasteiger partial charge on any atom is 0.294 e. The van der Waals surface area contributed by atoms with Gasteiger partial charge in [-0.25, -0.2) is 0 Å². The molecule has 4 nitrogen and oxygen atoms in total. The zero-order valence-corrected chi connectivity index (χ0v) is 9.63. The van der Waals surface area contributed by atoms with E-state index in [1.54, 1.807) is 6.07 Å². The minimum absolute atomic E-state index is 0.0320. The molecule has 0 aliphatic heterocycles. The lowest BCUT2D eigenvalue weighted by Crippen LogP contribution is -2.05. The van der Waals surface area contributed by atoms with Crippen molar-refractivity contribution < 1.29 is 13.0 Å². The van der Waals surface area contributed by atoms with Crippen molar-refractivity contribution >= 4 is 15.8 Å². The summed E-state index contributed by atoms with van der Waals surface area (Å²) in [6.45, 7) is 0. The lowest BCUT2D eigenvalue weighted by atomic mass is 9.97. The van der Waals surface area contributed by atoms with Crippen molar-refractivity contribution in [2.24, 2.45) is 0 Å². The third kappa shape index (κ3) is 2.20. The predicted molar refractivity (Wildman–Crippen MR) is 60.2 cm³/mol. The number of hydrogen-bond donors (Lipinski definition) is 1. The van der Waals surface area contributed by atoms with Crippen LogP contribution < -0.4 is 5.73 Å². The Morgan fingerprint density at radius 3 is 2.44 bits per heavy atom. The summed E-state index contributed by atoms with van der Waals surface area (Å²) in [5, 5.41) is 0. The Morgan fingerprint density at radius 1 is 1.25 bits per heavy atom. The molecule has 0 amide bonds. The molecular formula is C11H14NO3S. The van der Waals surface area contributed by atoms with E-state index < -0.39 is 10.1 Å². The van der Waals surface area contributed by atoms with Crippen molar-refractivity contribution in [2.75, 3.05) is 0 Å². The molecule has 1 aliphatic carbocycles. The van der Waals surface area contributed by atoms with E-state index in [0.29, 0.717) is 5.56 Å². The Labute approximate surface area is 95.2 Å². The predicted octanol–water partition coefficient (Wildman–Crippen LogP) is 2.51. The number of hydrogen-bond acceptors (Lipinski definition) is 2. The van der Waals surface area contributed by atoms with Gasteiger partial charge in [0.25, 0.3) is 10.1 Å². The van der Waals surface area contributed by atoms with Gasteiger partial charge in [0.2, 0.25) is 0 Å². The molecule has 5 heteroatoms.